The molecule has 0 aliphatic heterocycles. The summed E-state index contributed by atoms with van der Waals surface area (Å²) >= 11 is 0. The molecular weight excluding hydrogens is 248 g/mol. The van der Waals surface area contributed by atoms with E-state index in [0.29, 0.717) is 12.1 Å². The first-order valence-corrected chi connectivity index (χ1v) is 8.01. The molecule has 1 atom stereocenters. The molecule has 0 aromatic carbocycles. The topological polar surface area (TPSA) is 28.4 Å². The van der Waals surface area contributed by atoms with Crippen LogP contribution in [-0.4, -0.2) is 31.6 Å². The first-order chi connectivity index (χ1) is 9.58. The SMILES string of the molecule is CC(C)C1CCC(NCC(c2ccco2)N(C)C)CC1. The lowest BCUT2D eigenvalue weighted by atomic mass is 9.79. The van der Waals surface area contributed by atoms with Gasteiger partial charge in [-0.1, -0.05) is 13.8 Å². The summed E-state index contributed by atoms with van der Waals surface area (Å²) in [4.78, 5) is 2.23. The second kappa shape index (κ2) is 7.28. The third kappa shape index (κ3) is 4.10. The predicted molar refractivity (Wildman–Crippen MR) is 83.7 cm³/mol. The van der Waals surface area contributed by atoms with Crippen LogP contribution in [0.15, 0.2) is 22.8 Å². The van der Waals surface area contributed by atoms with Gasteiger partial charge in [0.2, 0.25) is 0 Å². The van der Waals surface area contributed by atoms with E-state index in [2.05, 4.69) is 44.2 Å². The van der Waals surface area contributed by atoms with Gasteiger partial charge in [-0.05, 0) is 63.7 Å². The summed E-state index contributed by atoms with van der Waals surface area (Å²) in [7, 11) is 4.23. The van der Waals surface area contributed by atoms with E-state index in [0.717, 1.165) is 24.1 Å². The summed E-state index contributed by atoms with van der Waals surface area (Å²) in [6, 6.07) is 5.05. The van der Waals surface area contributed by atoms with E-state index in [1.54, 1.807) is 6.26 Å². The maximum atomic E-state index is 5.56. The molecule has 1 aromatic rings. The van der Waals surface area contributed by atoms with Crippen LogP contribution in [0.2, 0.25) is 0 Å². The molecule has 2 rings (SSSR count). The average molecular weight is 278 g/mol. The number of likely N-dealkylation sites (N-methyl/N-ethyl adjacent to an activating group) is 1. The monoisotopic (exact) mass is 278 g/mol. The summed E-state index contributed by atoms with van der Waals surface area (Å²) in [6.07, 6.45) is 7.16. The van der Waals surface area contributed by atoms with Gasteiger partial charge in [0.1, 0.15) is 5.76 Å². The Morgan fingerprint density at radius 1 is 1.25 bits per heavy atom. The minimum Gasteiger partial charge on any atom is -0.468 e. The van der Waals surface area contributed by atoms with Crippen LogP contribution in [0.3, 0.4) is 0 Å². The van der Waals surface area contributed by atoms with Crippen molar-refractivity contribution < 1.29 is 4.42 Å². The highest BCUT2D eigenvalue weighted by Gasteiger charge is 2.24. The Morgan fingerprint density at radius 3 is 2.45 bits per heavy atom. The molecule has 1 aliphatic rings. The summed E-state index contributed by atoms with van der Waals surface area (Å²) in [5, 5.41) is 3.75. The fraction of sp³-hybridized carbons (Fsp3) is 0.765. The van der Waals surface area contributed by atoms with Crippen molar-refractivity contribution in [3.05, 3.63) is 24.2 Å². The number of hydrogen-bond acceptors (Lipinski definition) is 3. The minimum atomic E-state index is 0.327. The van der Waals surface area contributed by atoms with Gasteiger partial charge in [-0.3, -0.25) is 4.90 Å². The lowest BCUT2D eigenvalue weighted by molar-refractivity contribution is 0.208. The Kier molecular flexibility index (Phi) is 5.67. The number of nitrogens with zero attached hydrogens (tertiary/aromatic N) is 1. The van der Waals surface area contributed by atoms with E-state index in [4.69, 9.17) is 4.42 Å². The number of hydrogen-bond donors (Lipinski definition) is 1. The average Bonchev–Trinajstić information content (AvgIpc) is 2.93. The van der Waals surface area contributed by atoms with Gasteiger partial charge in [0.15, 0.2) is 0 Å². The van der Waals surface area contributed by atoms with E-state index in [1.165, 1.54) is 25.7 Å². The van der Waals surface area contributed by atoms with Gasteiger partial charge in [0, 0.05) is 12.6 Å². The van der Waals surface area contributed by atoms with Gasteiger partial charge >= 0.3 is 0 Å². The molecular formula is C17H30N2O. The largest absolute Gasteiger partial charge is 0.468 e. The maximum absolute atomic E-state index is 5.56. The van der Waals surface area contributed by atoms with E-state index in [-0.39, 0.29) is 0 Å². The summed E-state index contributed by atoms with van der Waals surface area (Å²) in [6.45, 7) is 5.69. The van der Waals surface area contributed by atoms with Gasteiger partial charge in [0.25, 0.3) is 0 Å². The fourth-order valence-corrected chi connectivity index (χ4v) is 3.29. The van der Waals surface area contributed by atoms with Crippen molar-refractivity contribution in [3.63, 3.8) is 0 Å². The molecule has 0 amide bonds. The number of rotatable bonds is 6. The number of nitrogens with one attached hydrogen (secondary N) is 1. The molecule has 3 nitrogen and oxygen atoms in total. The van der Waals surface area contributed by atoms with E-state index in [9.17, 15) is 0 Å². The van der Waals surface area contributed by atoms with Gasteiger partial charge in [-0.15, -0.1) is 0 Å². The zero-order valence-corrected chi connectivity index (χ0v) is 13.4. The lowest BCUT2D eigenvalue weighted by Gasteiger charge is -2.33. The smallest absolute Gasteiger partial charge is 0.122 e. The van der Waals surface area contributed by atoms with Crippen LogP contribution in [0.4, 0.5) is 0 Å². The van der Waals surface area contributed by atoms with Crippen molar-refractivity contribution in [3.8, 4) is 0 Å². The molecule has 1 aromatic heterocycles. The predicted octanol–water partition coefficient (Wildman–Crippen LogP) is 3.69. The van der Waals surface area contributed by atoms with Gasteiger partial charge < -0.3 is 9.73 Å². The lowest BCUT2D eigenvalue weighted by Crippen LogP contribution is -2.39. The normalized spacial score (nSPS) is 25.3. The highest BCUT2D eigenvalue weighted by atomic mass is 16.3. The van der Waals surface area contributed by atoms with Crippen LogP contribution < -0.4 is 5.32 Å². The second-order valence-corrected chi connectivity index (χ2v) is 6.76. The molecule has 1 fully saturated rings. The van der Waals surface area contributed by atoms with Crippen molar-refractivity contribution in [1.29, 1.82) is 0 Å². The Morgan fingerprint density at radius 2 is 1.95 bits per heavy atom. The van der Waals surface area contributed by atoms with Gasteiger partial charge in [-0.2, -0.15) is 0 Å². The molecule has 3 heteroatoms. The van der Waals surface area contributed by atoms with Crippen LogP contribution in [0, 0.1) is 11.8 Å². The molecule has 1 aliphatic carbocycles. The summed E-state index contributed by atoms with van der Waals surface area (Å²) in [5.74, 6) is 2.83. The third-order valence-corrected chi connectivity index (χ3v) is 4.81. The van der Waals surface area contributed by atoms with E-state index in [1.807, 2.05) is 6.07 Å². The molecule has 0 bridgehead atoms. The number of furan rings is 1. The van der Waals surface area contributed by atoms with Crippen LogP contribution in [-0.2, 0) is 0 Å². The summed E-state index contributed by atoms with van der Waals surface area (Å²) < 4.78 is 5.56. The zero-order valence-electron chi connectivity index (χ0n) is 13.4. The zero-order chi connectivity index (χ0) is 14.5. The molecule has 1 unspecified atom stereocenters. The first-order valence-electron chi connectivity index (χ1n) is 8.01. The third-order valence-electron chi connectivity index (χ3n) is 4.81. The molecule has 1 heterocycles. The first kappa shape index (κ1) is 15.6. The van der Waals surface area contributed by atoms with Crippen molar-refractivity contribution in [2.45, 2.75) is 51.6 Å². The van der Waals surface area contributed by atoms with E-state index < -0.39 is 0 Å². The fourth-order valence-electron chi connectivity index (χ4n) is 3.29. The highest BCUT2D eigenvalue weighted by Crippen LogP contribution is 2.30. The standard InChI is InChI=1S/C17H30N2O/c1-13(2)14-7-9-15(10-8-14)18-12-16(19(3)4)17-6-5-11-20-17/h5-6,11,13-16,18H,7-10,12H2,1-4H3. The van der Waals surface area contributed by atoms with Crippen LogP contribution in [0.1, 0.15) is 51.3 Å². The van der Waals surface area contributed by atoms with Crippen molar-refractivity contribution in [2.75, 3.05) is 20.6 Å². The molecule has 0 saturated heterocycles. The Labute approximate surface area is 123 Å². The molecule has 0 radical (unpaired) electrons. The second-order valence-electron chi connectivity index (χ2n) is 6.76. The Hall–Kier alpha value is -0.800. The van der Waals surface area contributed by atoms with Crippen molar-refractivity contribution >= 4 is 0 Å². The van der Waals surface area contributed by atoms with Crippen LogP contribution in [0.25, 0.3) is 0 Å². The minimum absolute atomic E-state index is 0.327. The Balaban J connectivity index is 1.80. The molecule has 20 heavy (non-hydrogen) atoms. The molecule has 1 saturated carbocycles. The van der Waals surface area contributed by atoms with E-state index >= 15 is 0 Å². The van der Waals surface area contributed by atoms with Crippen LogP contribution >= 0.6 is 0 Å². The molecule has 0 spiro atoms. The maximum Gasteiger partial charge on any atom is 0.122 e. The molecule has 114 valence electrons. The van der Waals surface area contributed by atoms with Crippen LogP contribution in [0.5, 0.6) is 0 Å². The van der Waals surface area contributed by atoms with Crippen molar-refractivity contribution in [1.82, 2.24) is 10.2 Å². The Bertz CT molecular complexity index is 364. The summed E-state index contributed by atoms with van der Waals surface area (Å²) in [5.41, 5.74) is 0. The highest BCUT2D eigenvalue weighted by molar-refractivity contribution is 5.05. The van der Waals surface area contributed by atoms with Gasteiger partial charge in [0.05, 0.1) is 12.3 Å². The van der Waals surface area contributed by atoms with Gasteiger partial charge in [-0.25, -0.2) is 0 Å². The molecule has 1 N–H and O–H groups in total. The quantitative estimate of drug-likeness (QED) is 0.860. The van der Waals surface area contributed by atoms with Crippen molar-refractivity contribution in [2.24, 2.45) is 11.8 Å².